The van der Waals surface area contributed by atoms with E-state index in [1.165, 1.54) is 0 Å². The van der Waals surface area contributed by atoms with E-state index in [1.54, 1.807) is 6.92 Å². The molecule has 4 heteroatoms. The molecule has 0 aliphatic heterocycles. The SMILES string of the molecule is C=C(c1cccc(Br)c1)c1c(N)ncc(F)c1C. The van der Waals surface area contributed by atoms with Gasteiger partial charge in [0.2, 0.25) is 0 Å². The Balaban J connectivity index is 2.56. The van der Waals surface area contributed by atoms with Crippen molar-refractivity contribution in [3.8, 4) is 0 Å². The fraction of sp³-hybridized carbons (Fsp3) is 0.0714. The van der Waals surface area contributed by atoms with Gasteiger partial charge in [-0.3, -0.25) is 0 Å². The zero-order valence-corrected chi connectivity index (χ0v) is 11.5. The molecular formula is C14H12BrFN2. The van der Waals surface area contributed by atoms with Gasteiger partial charge in [-0.2, -0.15) is 0 Å². The molecular weight excluding hydrogens is 295 g/mol. The van der Waals surface area contributed by atoms with Crippen LogP contribution in [0.4, 0.5) is 10.2 Å². The van der Waals surface area contributed by atoms with Crippen LogP contribution in [-0.4, -0.2) is 4.98 Å². The second-order valence-electron chi connectivity index (χ2n) is 3.98. The van der Waals surface area contributed by atoms with Crippen LogP contribution in [0.2, 0.25) is 0 Å². The number of nitrogens with zero attached hydrogens (tertiary/aromatic N) is 1. The molecule has 0 aliphatic carbocycles. The summed E-state index contributed by atoms with van der Waals surface area (Å²) in [5, 5.41) is 0. The van der Waals surface area contributed by atoms with E-state index in [0.717, 1.165) is 16.2 Å². The summed E-state index contributed by atoms with van der Waals surface area (Å²) in [5.74, 6) is -0.0887. The van der Waals surface area contributed by atoms with Gasteiger partial charge in [0.1, 0.15) is 11.6 Å². The van der Waals surface area contributed by atoms with Gasteiger partial charge in [-0.05, 0) is 35.8 Å². The normalized spacial score (nSPS) is 10.4. The minimum atomic E-state index is -0.379. The van der Waals surface area contributed by atoms with Crippen molar-refractivity contribution in [2.75, 3.05) is 5.73 Å². The van der Waals surface area contributed by atoms with Gasteiger partial charge >= 0.3 is 0 Å². The minimum Gasteiger partial charge on any atom is -0.383 e. The lowest BCUT2D eigenvalue weighted by atomic mass is 9.96. The number of nitrogen functional groups attached to an aromatic ring is 1. The lowest BCUT2D eigenvalue weighted by Crippen LogP contribution is -2.02. The molecule has 1 aromatic carbocycles. The predicted molar refractivity (Wildman–Crippen MR) is 75.6 cm³/mol. The third-order valence-corrected chi connectivity index (χ3v) is 3.27. The molecule has 0 fully saturated rings. The van der Waals surface area contributed by atoms with Crippen LogP contribution in [0.3, 0.4) is 0 Å². The van der Waals surface area contributed by atoms with Crippen LogP contribution in [0.15, 0.2) is 41.5 Å². The zero-order chi connectivity index (χ0) is 13.3. The van der Waals surface area contributed by atoms with Crippen molar-refractivity contribution in [3.05, 3.63) is 64.0 Å². The van der Waals surface area contributed by atoms with Crippen molar-refractivity contribution in [2.45, 2.75) is 6.92 Å². The van der Waals surface area contributed by atoms with Crippen molar-refractivity contribution >= 4 is 27.3 Å². The molecule has 0 saturated heterocycles. The molecule has 0 radical (unpaired) electrons. The number of hydrogen-bond acceptors (Lipinski definition) is 2. The van der Waals surface area contributed by atoms with Gasteiger partial charge in [0.15, 0.2) is 0 Å². The highest BCUT2D eigenvalue weighted by molar-refractivity contribution is 9.10. The summed E-state index contributed by atoms with van der Waals surface area (Å²) in [4.78, 5) is 3.84. The maximum Gasteiger partial charge on any atom is 0.145 e. The third kappa shape index (κ3) is 2.29. The first-order valence-corrected chi connectivity index (χ1v) is 6.16. The first-order valence-electron chi connectivity index (χ1n) is 5.36. The van der Waals surface area contributed by atoms with Crippen LogP contribution in [0.25, 0.3) is 5.57 Å². The quantitative estimate of drug-likeness (QED) is 0.913. The van der Waals surface area contributed by atoms with Crippen molar-refractivity contribution in [1.82, 2.24) is 4.98 Å². The predicted octanol–water partition coefficient (Wildman–Crippen LogP) is 3.94. The summed E-state index contributed by atoms with van der Waals surface area (Å²) in [6.45, 7) is 5.66. The van der Waals surface area contributed by atoms with E-state index in [0.29, 0.717) is 22.5 Å². The summed E-state index contributed by atoms with van der Waals surface area (Å²) >= 11 is 3.39. The number of hydrogen-bond donors (Lipinski definition) is 1. The monoisotopic (exact) mass is 306 g/mol. The smallest absolute Gasteiger partial charge is 0.145 e. The Kier molecular flexibility index (Phi) is 3.48. The first-order chi connectivity index (χ1) is 8.50. The van der Waals surface area contributed by atoms with E-state index in [4.69, 9.17) is 5.73 Å². The zero-order valence-electron chi connectivity index (χ0n) is 9.87. The standard InChI is InChI=1S/C14H12BrFN2/c1-8(10-4-3-5-11(15)6-10)13-9(2)12(16)7-18-14(13)17/h3-7H,1H2,2H3,(H2,17,18). The Bertz CT molecular complexity index is 623. The van der Waals surface area contributed by atoms with Gasteiger partial charge in [-0.25, -0.2) is 9.37 Å². The molecule has 0 unspecified atom stereocenters. The Morgan fingerprint density at radius 1 is 1.44 bits per heavy atom. The Morgan fingerprint density at radius 3 is 2.83 bits per heavy atom. The molecule has 92 valence electrons. The number of rotatable bonds is 2. The molecule has 0 bridgehead atoms. The van der Waals surface area contributed by atoms with Gasteiger partial charge in [0.05, 0.1) is 6.20 Å². The van der Waals surface area contributed by atoms with Gasteiger partial charge in [-0.15, -0.1) is 0 Å². The molecule has 2 N–H and O–H groups in total. The van der Waals surface area contributed by atoms with Crippen LogP contribution in [-0.2, 0) is 0 Å². The number of pyridine rings is 1. The minimum absolute atomic E-state index is 0.291. The van der Waals surface area contributed by atoms with Crippen molar-refractivity contribution in [1.29, 1.82) is 0 Å². The van der Waals surface area contributed by atoms with Crippen molar-refractivity contribution < 1.29 is 4.39 Å². The van der Waals surface area contributed by atoms with E-state index in [9.17, 15) is 4.39 Å². The highest BCUT2D eigenvalue weighted by Gasteiger charge is 2.14. The molecule has 0 amide bonds. The first kappa shape index (κ1) is 12.8. The molecule has 2 nitrogen and oxygen atoms in total. The largest absolute Gasteiger partial charge is 0.383 e. The summed E-state index contributed by atoms with van der Waals surface area (Å²) in [7, 11) is 0. The number of anilines is 1. The average molecular weight is 307 g/mol. The fourth-order valence-electron chi connectivity index (χ4n) is 1.80. The molecule has 2 aromatic rings. The summed E-state index contributed by atoms with van der Waals surface area (Å²) < 4.78 is 14.5. The van der Waals surface area contributed by atoms with Crippen LogP contribution in [0.1, 0.15) is 16.7 Å². The second-order valence-corrected chi connectivity index (χ2v) is 4.90. The molecule has 2 rings (SSSR count). The van der Waals surface area contributed by atoms with E-state index in [-0.39, 0.29) is 5.82 Å². The number of aromatic nitrogens is 1. The van der Waals surface area contributed by atoms with Crippen molar-refractivity contribution in [2.24, 2.45) is 0 Å². The summed E-state index contributed by atoms with van der Waals surface area (Å²) in [5.41, 5.74) is 8.39. The summed E-state index contributed by atoms with van der Waals surface area (Å²) in [6, 6.07) is 7.61. The van der Waals surface area contributed by atoms with Crippen LogP contribution in [0.5, 0.6) is 0 Å². The number of benzene rings is 1. The van der Waals surface area contributed by atoms with Gasteiger partial charge in [0.25, 0.3) is 0 Å². The van der Waals surface area contributed by atoms with E-state index >= 15 is 0 Å². The van der Waals surface area contributed by atoms with Gasteiger partial charge in [-0.1, -0.05) is 34.6 Å². The topological polar surface area (TPSA) is 38.9 Å². The maximum absolute atomic E-state index is 13.5. The molecule has 0 saturated carbocycles. The molecule has 1 heterocycles. The Hall–Kier alpha value is -1.68. The lowest BCUT2D eigenvalue weighted by molar-refractivity contribution is 0.612. The van der Waals surface area contributed by atoms with Crippen LogP contribution in [0, 0.1) is 12.7 Å². The molecule has 18 heavy (non-hydrogen) atoms. The van der Waals surface area contributed by atoms with E-state index in [2.05, 4.69) is 27.5 Å². The van der Waals surface area contributed by atoms with Gasteiger partial charge < -0.3 is 5.73 Å². The lowest BCUT2D eigenvalue weighted by Gasteiger charge is -2.12. The Labute approximate surface area is 113 Å². The number of nitrogens with two attached hydrogens (primary N) is 1. The maximum atomic E-state index is 13.5. The fourth-order valence-corrected chi connectivity index (χ4v) is 2.20. The summed E-state index contributed by atoms with van der Waals surface area (Å²) in [6.07, 6.45) is 1.13. The number of halogens is 2. The third-order valence-electron chi connectivity index (χ3n) is 2.78. The second kappa shape index (κ2) is 4.90. The van der Waals surface area contributed by atoms with Crippen molar-refractivity contribution in [3.63, 3.8) is 0 Å². The Morgan fingerprint density at radius 2 is 2.17 bits per heavy atom. The molecule has 1 aromatic heterocycles. The van der Waals surface area contributed by atoms with E-state index in [1.807, 2.05) is 24.3 Å². The highest BCUT2D eigenvalue weighted by Crippen LogP contribution is 2.30. The molecule has 0 aliphatic rings. The molecule has 0 atom stereocenters. The van der Waals surface area contributed by atoms with Gasteiger partial charge in [0, 0.05) is 10.0 Å². The van der Waals surface area contributed by atoms with Crippen LogP contribution >= 0.6 is 15.9 Å². The van der Waals surface area contributed by atoms with E-state index < -0.39 is 0 Å². The molecule has 0 spiro atoms. The average Bonchev–Trinajstić information content (AvgIpc) is 2.34. The van der Waals surface area contributed by atoms with Crippen LogP contribution < -0.4 is 5.73 Å². The highest BCUT2D eigenvalue weighted by atomic mass is 79.9.